The Bertz CT molecular complexity index is 978. The number of fused-ring (bicyclic) bond motifs is 2. The van der Waals surface area contributed by atoms with Gasteiger partial charge in [-0.25, -0.2) is 0 Å². The molecule has 1 aliphatic carbocycles. The molecule has 0 radical (unpaired) electrons. The van der Waals surface area contributed by atoms with Crippen LogP contribution in [0.2, 0.25) is 0 Å². The SMILES string of the molecule is CC[C@H](C)[C@H](CO)N1C(=O)[C@@H]2[C@@H]3C(=O)N(C)CC=C[C@]3(C)S[C@@]23C=CCN(C2CCCCC2)C(=O)C13. The van der Waals surface area contributed by atoms with Crippen molar-refractivity contribution in [3.8, 4) is 0 Å². The Balaban J connectivity index is 1.66. The molecule has 7 atom stereocenters. The Labute approximate surface area is 219 Å². The Morgan fingerprint density at radius 3 is 2.39 bits per heavy atom. The van der Waals surface area contributed by atoms with Crippen molar-refractivity contribution in [1.29, 1.82) is 0 Å². The van der Waals surface area contributed by atoms with E-state index in [1.165, 1.54) is 6.42 Å². The first-order valence-corrected chi connectivity index (χ1v) is 14.6. The average Bonchev–Trinajstić information content (AvgIpc) is 3.15. The zero-order valence-corrected chi connectivity index (χ0v) is 22.9. The molecule has 1 unspecified atom stereocenters. The van der Waals surface area contributed by atoms with E-state index in [0.717, 1.165) is 32.1 Å². The van der Waals surface area contributed by atoms with E-state index >= 15 is 0 Å². The Morgan fingerprint density at radius 2 is 1.72 bits per heavy atom. The number of thioether (sulfide) groups is 1. The van der Waals surface area contributed by atoms with Crippen molar-refractivity contribution in [3.05, 3.63) is 24.3 Å². The molecule has 8 heteroatoms. The highest BCUT2D eigenvalue weighted by molar-refractivity contribution is 8.02. The van der Waals surface area contributed by atoms with Crippen LogP contribution in [0.4, 0.5) is 0 Å². The van der Waals surface area contributed by atoms with Crippen LogP contribution in [-0.2, 0) is 14.4 Å². The summed E-state index contributed by atoms with van der Waals surface area (Å²) in [6.45, 7) is 7.00. The molecule has 4 aliphatic heterocycles. The maximum absolute atomic E-state index is 14.6. The average molecular weight is 516 g/mol. The maximum Gasteiger partial charge on any atom is 0.247 e. The molecule has 2 saturated heterocycles. The standard InChI is InChI=1S/C28H41N3O4S/c1-5-18(2)20(17-32)31-23-26(35)30(19-11-7-6-8-12-19)16-10-14-28(23)22(25(31)34)21-24(33)29(4)15-9-13-27(21,3)36-28/h9-10,13-14,18-23,32H,5-8,11-12,15-17H2,1-4H3/t18-,20-,21+,22-,23?,27-,28-/m0/s1. The molecule has 7 nitrogen and oxygen atoms in total. The number of hydrogen-bond acceptors (Lipinski definition) is 5. The van der Waals surface area contributed by atoms with Gasteiger partial charge in [0.2, 0.25) is 17.7 Å². The first kappa shape index (κ1) is 25.8. The van der Waals surface area contributed by atoms with Crippen molar-refractivity contribution >= 4 is 29.5 Å². The van der Waals surface area contributed by atoms with E-state index in [1.54, 1.807) is 28.6 Å². The van der Waals surface area contributed by atoms with Gasteiger partial charge in [0.15, 0.2) is 0 Å². The Hall–Kier alpha value is -1.80. The van der Waals surface area contributed by atoms with E-state index in [1.807, 2.05) is 24.8 Å². The van der Waals surface area contributed by atoms with Gasteiger partial charge in [0, 0.05) is 30.9 Å². The number of hydrogen-bond donors (Lipinski definition) is 1. The molecule has 1 saturated carbocycles. The second kappa shape index (κ2) is 9.50. The minimum absolute atomic E-state index is 0.0122. The third-order valence-electron chi connectivity index (χ3n) is 9.59. The van der Waals surface area contributed by atoms with Crippen LogP contribution >= 0.6 is 11.8 Å². The van der Waals surface area contributed by atoms with Crippen LogP contribution in [0.3, 0.4) is 0 Å². The van der Waals surface area contributed by atoms with Gasteiger partial charge in [-0.1, -0.05) is 63.8 Å². The van der Waals surface area contributed by atoms with Crippen LogP contribution < -0.4 is 0 Å². The number of carbonyl (C=O) groups excluding carboxylic acids is 3. The van der Waals surface area contributed by atoms with Gasteiger partial charge in [-0.05, 0) is 25.7 Å². The van der Waals surface area contributed by atoms with E-state index in [0.29, 0.717) is 13.1 Å². The Morgan fingerprint density at radius 1 is 1.03 bits per heavy atom. The number of nitrogens with zero attached hydrogens (tertiary/aromatic N) is 3. The molecule has 0 aromatic carbocycles. The third-order valence-corrected chi connectivity index (χ3v) is 11.4. The highest BCUT2D eigenvalue weighted by Crippen LogP contribution is 2.66. The molecule has 3 amide bonds. The summed E-state index contributed by atoms with van der Waals surface area (Å²) in [6.07, 6.45) is 14.5. The molecule has 5 rings (SSSR count). The van der Waals surface area contributed by atoms with E-state index < -0.39 is 33.4 Å². The summed E-state index contributed by atoms with van der Waals surface area (Å²) in [5.41, 5.74) is 0. The summed E-state index contributed by atoms with van der Waals surface area (Å²) in [7, 11) is 1.79. The topological polar surface area (TPSA) is 81.2 Å². The predicted molar refractivity (Wildman–Crippen MR) is 141 cm³/mol. The largest absolute Gasteiger partial charge is 0.394 e. The fourth-order valence-electron chi connectivity index (χ4n) is 7.49. The molecule has 1 spiro atoms. The van der Waals surface area contributed by atoms with Crippen molar-refractivity contribution in [1.82, 2.24) is 14.7 Å². The van der Waals surface area contributed by atoms with Crippen molar-refractivity contribution in [2.45, 2.75) is 86.9 Å². The highest BCUT2D eigenvalue weighted by atomic mass is 32.2. The maximum atomic E-state index is 14.6. The zero-order valence-electron chi connectivity index (χ0n) is 22.1. The monoisotopic (exact) mass is 515 g/mol. The number of likely N-dealkylation sites (N-methyl/N-ethyl adjacent to an activating group) is 1. The van der Waals surface area contributed by atoms with Gasteiger partial charge in [-0.3, -0.25) is 14.4 Å². The molecular weight excluding hydrogens is 474 g/mol. The number of likely N-dealkylation sites (tertiary alicyclic amines) is 1. The molecule has 3 fully saturated rings. The van der Waals surface area contributed by atoms with Crippen LogP contribution in [0.5, 0.6) is 0 Å². The van der Waals surface area contributed by atoms with Crippen LogP contribution in [0.25, 0.3) is 0 Å². The number of aliphatic hydroxyl groups is 1. The van der Waals surface area contributed by atoms with E-state index in [4.69, 9.17) is 0 Å². The first-order valence-electron chi connectivity index (χ1n) is 13.7. The third kappa shape index (κ3) is 3.69. The van der Waals surface area contributed by atoms with E-state index in [2.05, 4.69) is 25.2 Å². The summed E-state index contributed by atoms with van der Waals surface area (Å²) in [5.74, 6) is -1.37. The molecule has 1 N–H and O–H groups in total. The van der Waals surface area contributed by atoms with Gasteiger partial charge >= 0.3 is 0 Å². The lowest BCUT2D eigenvalue weighted by molar-refractivity contribution is -0.149. The quantitative estimate of drug-likeness (QED) is 0.570. The number of aliphatic hydroxyl groups excluding tert-OH is 1. The second-order valence-corrected chi connectivity index (χ2v) is 13.5. The molecule has 36 heavy (non-hydrogen) atoms. The second-order valence-electron chi connectivity index (χ2n) is 11.7. The van der Waals surface area contributed by atoms with Crippen LogP contribution in [0, 0.1) is 17.8 Å². The summed E-state index contributed by atoms with van der Waals surface area (Å²) < 4.78 is -1.42. The number of rotatable bonds is 5. The van der Waals surface area contributed by atoms with Gasteiger partial charge in [0.05, 0.1) is 29.2 Å². The summed E-state index contributed by atoms with van der Waals surface area (Å²) in [4.78, 5) is 48.2. The molecule has 0 bridgehead atoms. The molecule has 198 valence electrons. The molecule has 0 aromatic heterocycles. The number of carbonyl (C=O) groups is 3. The predicted octanol–water partition coefficient (Wildman–Crippen LogP) is 2.84. The minimum atomic E-state index is -0.837. The van der Waals surface area contributed by atoms with Crippen LogP contribution in [0.1, 0.15) is 59.3 Å². The van der Waals surface area contributed by atoms with Crippen molar-refractivity contribution in [2.75, 3.05) is 26.7 Å². The molecule has 0 aromatic rings. The van der Waals surface area contributed by atoms with Crippen LogP contribution in [-0.4, -0.2) is 91.9 Å². The minimum Gasteiger partial charge on any atom is -0.394 e. The fraction of sp³-hybridized carbons (Fsp3) is 0.750. The van der Waals surface area contributed by atoms with Crippen molar-refractivity contribution < 1.29 is 19.5 Å². The number of amides is 3. The summed E-state index contributed by atoms with van der Waals surface area (Å²) in [6, 6.07) is -1.000. The highest BCUT2D eigenvalue weighted by Gasteiger charge is 2.74. The summed E-state index contributed by atoms with van der Waals surface area (Å²) >= 11 is 1.63. The lowest BCUT2D eigenvalue weighted by Crippen LogP contribution is -2.59. The van der Waals surface area contributed by atoms with Crippen molar-refractivity contribution in [3.63, 3.8) is 0 Å². The lowest BCUT2D eigenvalue weighted by Gasteiger charge is -2.43. The van der Waals surface area contributed by atoms with Gasteiger partial charge < -0.3 is 19.8 Å². The van der Waals surface area contributed by atoms with E-state index in [9.17, 15) is 19.5 Å². The molecule has 4 heterocycles. The van der Waals surface area contributed by atoms with Gasteiger partial charge in [-0.2, -0.15) is 0 Å². The lowest BCUT2D eigenvalue weighted by atomic mass is 9.74. The van der Waals surface area contributed by atoms with Crippen molar-refractivity contribution in [2.24, 2.45) is 17.8 Å². The molecule has 5 aliphatic rings. The van der Waals surface area contributed by atoms with Gasteiger partial charge in [0.25, 0.3) is 0 Å². The Kier molecular flexibility index (Phi) is 6.82. The normalized spacial score (nSPS) is 38.5. The van der Waals surface area contributed by atoms with Crippen LogP contribution in [0.15, 0.2) is 24.3 Å². The first-order chi connectivity index (χ1) is 17.2. The summed E-state index contributed by atoms with van der Waals surface area (Å²) in [5, 5.41) is 10.5. The zero-order chi connectivity index (χ0) is 25.8. The van der Waals surface area contributed by atoms with Gasteiger partial charge in [-0.15, -0.1) is 11.8 Å². The van der Waals surface area contributed by atoms with Gasteiger partial charge in [0.1, 0.15) is 6.04 Å². The smallest absolute Gasteiger partial charge is 0.247 e. The van der Waals surface area contributed by atoms with E-state index in [-0.39, 0.29) is 36.3 Å². The molecular formula is C28H41N3O4S. The fourth-order valence-corrected chi connectivity index (χ4v) is 9.64.